The number of hydrogen-bond acceptors (Lipinski definition) is 4. The molecule has 0 radical (unpaired) electrons. The monoisotopic (exact) mass is 541 g/mol. The van der Waals surface area contributed by atoms with Crippen LogP contribution in [0.2, 0.25) is 0 Å². The Labute approximate surface area is 213 Å². The van der Waals surface area contributed by atoms with Crippen molar-refractivity contribution in [3.05, 3.63) is 81.5 Å². The van der Waals surface area contributed by atoms with E-state index in [1.165, 1.54) is 0 Å². The number of piperidine rings is 3. The van der Waals surface area contributed by atoms with Gasteiger partial charge in [0.15, 0.2) is 6.10 Å². The van der Waals surface area contributed by atoms with Crippen molar-refractivity contribution in [2.24, 2.45) is 5.92 Å². The highest BCUT2D eigenvalue weighted by molar-refractivity contribution is 9.10. The first-order valence-corrected chi connectivity index (χ1v) is 13.6. The maximum Gasteiger partial charge on any atom is 0.415 e. The van der Waals surface area contributed by atoms with Gasteiger partial charge in [0.05, 0.1) is 19.6 Å². The summed E-state index contributed by atoms with van der Waals surface area (Å²) in [4.78, 5) is 16.3. The minimum absolute atomic E-state index is 0.0481. The van der Waals surface area contributed by atoms with E-state index in [1.807, 2.05) is 66.0 Å². The molecule has 2 aromatic carbocycles. The summed E-state index contributed by atoms with van der Waals surface area (Å²) in [5.74, 6) is 1.36. The van der Waals surface area contributed by atoms with Gasteiger partial charge in [-0.15, -0.1) is 11.3 Å². The van der Waals surface area contributed by atoms with Crippen LogP contribution in [0, 0.1) is 5.92 Å². The predicted molar refractivity (Wildman–Crippen MR) is 139 cm³/mol. The van der Waals surface area contributed by atoms with Crippen molar-refractivity contribution in [2.45, 2.75) is 25.5 Å². The fraction of sp³-hybridized carbons (Fsp3) is 0.370. The zero-order valence-corrected chi connectivity index (χ0v) is 21.5. The van der Waals surface area contributed by atoms with Gasteiger partial charge in [-0.1, -0.05) is 36.4 Å². The predicted octanol–water partition coefficient (Wildman–Crippen LogP) is 6.34. The average Bonchev–Trinajstić information content (AvgIpc) is 3.29. The van der Waals surface area contributed by atoms with E-state index < -0.39 is 0 Å². The number of para-hydroxylation sites is 2. The normalized spacial score (nSPS) is 23.4. The number of thiophene rings is 1. The molecule has 3 fully saturated rings. The quantitative estimate of drug-likeness (QED) is 0.312. The second-order valence-electron chi connectivity index (χ2n) is 9.27. The Morgan fingerprint density at radius 1 is 1.06 bits per heavy atom. The number of quaternary nitrogens is 1. The lowest BCUT2D eigenvalue weighted by atomic mass is 9.83. The molecule has 1 amide bonds. The van der Waals surface area contributed by atoms with E-state index in [2.05, 4.69) is 22.0 Å². The molecule has 2 bridgehead atoms. The highest BCUT2D eigenvalue weighted by atomic mass is 79.9. The number of hydrogen-bond donors (Lipinski definition) is 0. The van der Waals surface area contributed by atoms with E-state index in [-0.39, 0.29) is 12.2 Å². The van der Waals surface area contributed by atoms with Gasteiger partial charge in [0.25, 0.3) is 0 Å². The van der Waals surface area contributed by atoms with Crippen molar-refractivity contribution >= 4 is 39.0 Å². The maximum absolute atomic E-state index is 13.5. The van der Waals surface area contributed by atoms with Crippen LogP contribution in [0.4, 0.5) is 10.5 Å². The molecule has 1 aromatic heterocycles. The van der Waals surface area contributed by atoms with Gasteiger partial charge < -0.3 is 14.0 Å². The van der Waals surface area contributed by atoms with E-state index in [0.29, 0.717) is 19.1 Å². The van der Waals surface area contributed by atoms with Crippen molar-refractivity contribution in [3.63, 3.8) is 0 Å². The van der Waals surface area contributed by atoms with E-state index in [1.54, 1.807) is 16.2 Å². The molecule has 5 nitrogen and oxygen atoms in total. The summed E-state index contributed by atoms with van der Waals surface area (Å²) in [5.41, 5.74) is 0.860. The summed E-state index contributed by atoms with van der Waals surface area (Å²) in [6.45, 7) is 5.29. The molecule has 3 aliphatic rings. The van der Waals surface area contributed by atoms with Crippen LogP contribution in [0.3, 0.4) is 0 Å². The molecular formula is C27H30BrN2O3S+. The number of halogens is 1. The van der Waals surface area contributed by atoms with Crippen LogP contribution >= 0.6 is 27.3 Å². The van der Waals surface area contributed by atoms with Crippen molar-refractivity contribution in [3.8, 4) is 5.75 Å². The van der Waals surface area contributed by atoms with Crippen LogP contribution in [0.15, 0.2) is 76.6 Å². The fourth-order valence-electron chi connectivity index (χ4n) is 5.20. The maximum atomic E-state index is 13.5. The lowest BCUT2D eigenvalue weighted by molar-refractivity contribution is -0.946. The third kappa shape index (κ3) is 5.48. The number of rotatable bonds is 8. The van der Waals surface area contributed by atoms with Gasteiger partial charge >= 0.3 is 6.09 Å². The number of benzene rings is 2. The first-order valence-electron chi connectivity index (χ1n) is 11.9. The topological polar surface area (TPSA) is 38.8 Å². The Hall–Kier alpha value is -2.35. The third-order valence-corrected chi connectivity index (χ3v) is 8.78. The molecule has 4 heterocycles. The summed E-state index contributed by atoms with van der Waals surface area (Å²) >= 11 is 5.16. The van der Waals surface area contributed by atoms with E-state index in [0.717, 1.165) is 64.3 Å². The van der Waals surface area contributed by atoms with Crippen LogP contribution in [0.5, 0.6) is 5.75 Å². The third-order valence-electron chi connectivity index (χ3n) is 7.10. The van der Waals surface area contributed by atoms with Gasteiger partial charge in [-0.3, -0.25) is 4.90 Å². The number of carbonyl (C=O) groups excluding carboxylic acids is 1. The molecule has 3 aromatic rings. The van der Waals surface area contributed by atoms with Crippen LogP contribution < -0.4 is 9.64 Å². The zero-order valence-electron chi connectivity index (χ0n) is 19.1. The Bertz CT molecular complexity index is 1080. The first-order chi connectivity index (χ1) is 16.6. The Kier molecular flexibility index (Phi) is 7.23. The van der Waals surface area contributed by atoms with Gasteiger partial charge in [-0.05, 0) is 46.3 Å². The highest BCUT2D eigenvalue weighted by Crippen LogP contribution is 2.36. The standard InChI is InChI=1S/C27H30BrN2O3S/c28-22-17-25(34-20-22)18-29(23-7-3-1-4-8-23)27(31)33-26-19-30(13-11-21(26)12-14-30)15-16-32-24-9-5-2-6-10-24/h1-10,17,20-21,26H,11-16,18-19H2/q+1/t21?,26-,30?/m0/s1. The van der Waals surface area contributed by atoms with Crippen LogP contribution in [0.1, 0.15) is 17.7 Å². The fourth-order valence-corrected chi connectivity index (χ4v) is 6.64. The molecule has 0 N–H and O–H groups in total. The van der Waals surface area contributed by atoms with Gasteiger partial charge in [0.2, 0.25) is 0 Å². The number of ether oxygens (including phenoxy) is 2. The molecule has 3 saturated heterocycles. The SMILES string of the molecule is O=C(O[C@H]1C[N+]2(CCOc3ccccc3)CCC1CC2)N(Cc1cc(Br)cs1)c1ccccc1. The lowest BCUT2D eigenvalue weighted by Crippen LogP contribution is -2.65. The molecule has 7 heteroatoms. The summed E-state index contributed by atoms with van der Waals surface area (Å²) < 4.78 is 14.2. The average molecular weight is 543 g/mol. The number of amides is 1. The second-order valence-corrected chi connectivity index (χ2v) is 11.2. The van der Waals surface area contributed by atoms with Crippen LogP contribution in [0.25, 0.3) is 0 Å². The van der Waals surface area contributed by atoms with Gasteiger partial charge in [-0.25, -0.2) is 4.79 Å². The minimum atomic E-state index is -0.256. The van der Waals surface area contributed by atoms with Crippen LogP contribution in [-0.2, 0) is 11.3 Å². The van der Waals surface area contributed by atoms with Crippen molar-refractivity contribution < 1.29 is 18.8 Å². The van der Waals surface area contributed by atoms with Crippen molar-refractivity contribution in [1.82, 2.24) is 0 Å². The first kappa shape index (κ1) is 23.4. The second kappa shape index (κ2) is 10.5. The number of fused-ring (bicyclic) bond motifs is 3. The molecular weight excluding hydrogens is 512 g/mol. The van der Waals surface area contributed by atoms with Gasteiger partial charge in [-0.2, -0.15) is 0 Å². The van der Waals surface area contributed by atoms with Gasteiger partial charge in [0, 0.05) is 39.2 Å². The molecule has 0 spiro atoms. The minimum Gasteiger partial charge on any atom is -0.488 e. The Morgan fingerprint density at radius 3 is 2.44 bits per heavy atom. The largest absolute Gasteiger partial charge is 0.488 e. The van der Waals surface area contributed by atoms with Crippen molar-refractivity contribution in [2.75, 3.05) is 37.7 Å². The molecule has 0 saturated carbocycles. The van der Waals surface area contributed by atoms with Crippen LogP contribution in [-0.4, -0.2) is 49.5 Å². The van der Waals surface area contributed by atoms with Gasteiger partial charge in [0.1, 0.15) is 25.4 Å². The number of anilines is 1. The zero-order chi connectivity index (χ0) is 23.4. The summed E-state index contributed by atoms with van der Waals surface area (Å²) in [5, 5.41) is 2.04. The van der Waals surface area contributed by atoms with E-state index in [4.69, 9.17) is 9.47 Å². The summed E-state index contributed by atoms with van der Waals surface area (Å²) in [6, 6.07) is 21.9. The van der Waals surface area contributed by atoms with Crippen molar-refractivity contribution in [1.29, 1.82) is 0 Å². The highest BCUT2D eigenvalue weighted by Gasteiger charge is 2.47. The number of nitrogens with zero attached hydrogens (tertiary/aromatic N) is 2. The molecule has 1 atom stereocenters. The Balaban J connectivity index is 1.25. The molecule has 34 heavy (non-hydrogen) atoms. The number of carbonyl (C=O) groups is 1. The Morgan fingerprint density at radius 2 is 1.76 bits per heavy atom. The lowest BCUT2D eigenvalue weighted by Gasteiger charge is -2.52. The molecule has 0 aliphatic carbocycles. The van der Waals surface area contributed by atoms with E-state index in [9.17, 15) is 4.79 Å². The summed E-state index contributed by atoms with van der Waals surface area (Å²) in [6.07, 6.45) is 1.90. The molecule has 3 aliphatic heterocycles. The molecule has 178 valence electrons. The molecule has 0 unspecified atom stereocenters. The molecule has 6 rings (SSSR count). The summed E-state index contributed by atoms with van der Waals surface area (Å²) in [7, 11) is 0. The van der Waals surface area contributed by atoms with E-state index >= 15 is 0 Å². The smallest absolute Gasteiger partial charge is 0.415 e.